The summed E-state index contributed by atoms with van der Waals surface area (Å²) in [6, 6.07) is 11.5. The number of sulfonamides is 1. The normalized spacial score (nSPS) is 16.1. The lowest BCUT2D eigenvalue weighted by Crippen LogP contribution is -2.41. The number of hydrogen-bond acceptors (Lipinski definition) is 5. The molecule has 1 N–H and O–H groups in total. The third-order valence-electron chi connectivity index (χ3n) is 5.59. The summed E-state index contributed by atoms with van der Waals surface area (Å²) in [7, 11) is -3.91. The van der Waals surface area contributed by atoms with Gasteiger partial charge in [-0.3, -0.25) is 4.79 Å². The summed E-state index contributed by atoms with van der Waals surface area (Å²) in [6.07, 6.45) is 0.754. The molecule has 164 valence electrons. The van der Waals surface area contributed by atoms with Crippen LogP contribution in [0.15, 0.2) is 47.4 Å². The molecular formula is C22H24FN3O3S2. The molecular weight excluding hydrogens is 437 g/mol. The molecule has 2 aromatic carbocycles. The van der Waals surface area contributed by atoms with Crippen molar-refractivity contribution in [2.24, 2.45) is 5.92 Å². The fraction of sp³-hybridized carbons (Fsp3) is 0.364. The van der Waals surface area contributed by atoms with Crippen molar-refractivity contribution < 1.29 is 17.6 Å². The van der Waals surface area contributed by atoms with Gasteiger partial charge in [-0.15, -0.1) is 0 Å². The molecule has 6 nitrogen and oxygen atoms in total. The lowest BCUT2D eigenvalue weighted by Gasteiger charge is -2.30. The summed E-state index contributed by atoms with van der Waals surface area (Å²) in [4.78, 5) is 16.9. The summed E-state index contributed by atoms with van der Waals surface area (Å²) in [6.45, 7) is 4.60. The Labute approximate surface area is 185 Å². The zero-order chi connectivity index (χ0) is 22.2. The molecule has 4 rings (SSSR count). The van der Waals surface area contributed by atoms with Crippen LogP contribution < -0.4 is 5.32 Å². The first-order valence-corrected chi connectivity index (χ1v) is 12.5. The molecule has 1 aliphatic rings. The minimum atomic E-state index is -3.91. The number of fused-ring (bicyclic) bond motifs is 1. The first kappa shape index (κ1) is 21.9. The zero-order valence-corrected chi connectivity index (χ0v) is 19.0. The molecule has 9 heteroatoms. The van der Waals surface area contributed by atoms with Crippen LogP contribution in [0, 0.1) is 11.7 Å². The van der Waals surface area contributed by atoms with Crippen LogP contribution in [0.2, 0.25) is 0 Å². The highest BCUT2D eigenvalue weighted by molar-refractivity contribution is 7.89. The summed E-state index contributed by atoms with van der Waals surface area (Å²) in [5.74, 6) is -0.828. The van der Waals surface area contributed by atoms with E-state index in [-0.39, 0.29) is 29.8 Å². The standard InChI is InChI=1S/C22H24FN3O3S2/c1-14(2)16-7-8-18-19(13-16)30-22(24-18)25-21(27)15-9-11-26(12-10-15)31(28,29)20-6-4-3-5-17(20)23/h3-8,13-15H,9-12H2,1-2H3,(H,24,25,27). The zero-order valence-electron chi connectivity index (χ0n) is 17.3. The third kappa shape index (κ3) is 4.49. The highest BCUT2D eigenvalue weighted by Gasteiger charge is 2.33. The maximum absolute atomic E-state index is 14.0. The van der Waals surface area contributed by atoms with Gasteiger partial charge in [0, 0.05) is 19.0 Å². The van der Waals surface area contributed by atoms with Crippen molar-refractivity contribution in [1.29, 1.82) is 0 Å². The SMILES string of the molecule is CC(C)c1ccc2nc(NC(=O)C3CCN(S(=O)(=O)c4ccccc4F)CC3)sc2c1. The lowest BCUT2D eigenvalue weighted by atomic mass is 9.97. The fourth-order valence-electron chi connectivity index (χ4n) is 3.71. The number of rotatable bonds is 5. The molecule has 1 fully saturated rings. The Balaban J connectivity index is 1.40. The van der Waals surface area contributed by atoms with Crippen LogP contribution in [0.4, 0.5) is 9.52 Å². The first-order chi connectivity index (χ1) is 14.8. The van der Waals surface area contributed by atoms with E-state index in [1.807, 2.05) is 12.1 Å². The Bertz CT molecular complexity index is 1220. The highest BCUT2D eigenvalue weighted by Crippen LogP contribution is 2.30. The predicted molar refractivity (Wildman–Crippen MR) is 120 cm³/mol. The minimum Gasteiger partial charge on any atom is -0.302 e. The van der Waals surface area contributed by atoms with E-state index < -0.39 is 15.8 Å². The molecule has 1 amide bonds. The van der Waals surface area contributed by atoms with Crippen LogP contribution in [-0.2, 0) is 14.8 Å². The molecule has 0 radical (unpaired) electrons. The van der Waals surface area contributed by atoms with E-state index in [0.29, 0.717) is 23.9 Å². The van der Waals surface area contributed by atoms with Crippen molar-refractivity contribution in [3.05, 3.63) is 53.8 Å². The lowest BCUT2D eigenvalue weighted by molar-refractivity contribution is -0.120. The van der Waals surface area contributed by atoms with Crippen molar-refractivity contribution in [3.63, 3.8) is 0 Å². The van der Waals surface area contributed by atoms with Crippen LogP contribution in [-0.4, -0.2) is 36.7 Å². The quantitative estimate of drug-likeness (QED) is 0.602. The van der Waals surface area contributed by atoms with Crippen LogP contribution in [0.25, 0.3) is 10.2 Å². The van der Waals surface area contributed by atoms with E-state index in [1.165, 1.54) is 39.4 Å². The first-order valence-electron chi connectivity index (χ1n) is 10.2. The number of carbonyl (C=O) groups is 1. The monoisotopic (exact) mass is 461 g/mol. The molecule has 0 bridgehead atoms. The average molecular weight is 462 g/mol. The number of hydrogen-bond donors (Lipinski definition) is 1. The van der Waals surface area contributed by atoms with Gasteiger partial charge in [0.1, 0.15) is 10.7 Å². The third-order valence-corrected chi connectivity index (χ3v) is 8.45. The second kappa shape index (κ2) is 8.64. The number of amides is 1. The number of piperidine rings is 1. The van der Waals surface area contributed by atoms with Gasteiger partial charge in [-0.1, -0.05) is 43.4 Å². The maximum atomic E-state index is 14.0. The van der Waals surface area contributed by atoms with Crippen LogP contribution >= 0.6 is 11.3 Å². The summed E-state index contributed by atoms with van der Waals surface area (Å²) < 4.78 is 41.7. The Morgan fingerprint density at radius 2 is 1.90 bits per heavy atom. The molecule has 2 heterocycles. The second-order valence-electron chi connectivity index (χ2n) is 8.00. The number of benzene rings is 2. The van der Waals surface area contributed by atoms with Crippen LogP contribution in [0.3, 0.4) is 0 Å². The Hall–Kier alpha value is -2.36. The molecule has 0 unspecified atom stereocenters. The van der Waals surface area contributed by atoms with E-state index in [4.69, 9.17) is 0 Å². The average Bonchev–Trinajstić information content (AvgIpc) is 3.15. The number of aromatic nitrogens is 1. The molecule has 31 heavy (non-hydrogen) atoms. The summed E-state index contributed by atoms with van der Waals surface area (Å²) in [5.41, 5.74) is 2.06. The Kier molecular flexibility index (Phi) is 6.09. The van der Waals surface area contributed by atoms with Gasteiger partial charge in [0.15, 0.2) is 5.13 Å². The topological polar surface area (TPSA) is 79.4 Å². The van der Waals surface area contributed by atoms with Gasteiger partial charge in [0.2, 0.25) is 15.9 Å². The van der Waals surface area contributed by atoms with E-state index in [1.54, 1.807) is 0 Å². The van der Waals surface area contributed by atoms with Crippen LogP contribution in [0.5, 0.6) is 0 Å². The van der Waals surface area contributed by atoms with Gasteiger partial charge in [-0.25, -0.2) is 17.8 Å². The van der Waals surface area contributed by atoms with Gasteiger partial charge in [0.05, 0.1) is 10.2 Å². The van der Waals surface area contributed by atoms with Gasteiger partial charge in [-0.05, 0) is 48.6 Å². The van der Waals surface area contributed by atoms with E-state index in [2.05, 4.69) is 30.2 Å². The van der Waals surface area contributed by atoms with E-state index >= 15 is 0 Å². The molecule has 0 atom stereocenters. The second-order valence-corrected chi connectivity index (χ2v) is 10.9. The number of carbonyl (C=O) groups excluding carboxylic acids is 1. The van der Waals surface area contributed by atoms with Crippen molar-refractivity contribution in [3.8, 4) is 0 Å². The van der Waals surface area contributed by atoms with E-state index in [0.717, 1.165) is 16.3 Å². The van der Waals surface area contributed by atoms with Crippen LogP contribution in [0.1, 0.15) is 38.2 Å². The Morgan fingerprint density at radius 3 is 2.58 bits per heavy atom. The molecule has 3 aromatic rings. The maximum Gasteiger partial charge on any atom is 0.245 e. The number of halogens is 1. The highest BCUT2D eigenvalue weighted by atomic mass is 32.2. The molecule has 1 aliphatic heterocycles. The number of thiazole rings is 1. The van der Waals surface area contributed by atoms with Crippen molar-refractivity contribution in [2.75, 3.05) is 18.4 Å². The Morgan fingerprint density at radius 1 is 1.19 bits per heavy atom. The minimum absolute atomic E-state index is 0.161. The largest absolute Gasteiger partial charge is 0.302 e. The summed E-state index contributed by atoms with van der Waals surface area (Å²) >= 11 is 1.43. The van der Waals surface area contributed by atoms with E-state index in [9.17, 15) is 17.6 Å². The molecule has 1 saturated heterocycles. The van der Waals surface area contributed by atoms with Gasteiger partial charge < -0.3 is 5.32 Å². The van der Waals surface area contributed by atoms with Gasteiger partial charge >= 0.3 is 0 Å². The smallest absolute Gasteiger partial charge is 0.245 e. The molecule has 1 aromatic heterocycles. The predicted octanol–water partition coefficient (Wildman–Crippen LogP) is 4.60. The summed E-state index contributed by atoms with van der Waals surface area (Å²) in [5, 5.41) is 3.43. The molecule has 0 spiro atoms. The van der Waals surface area contributed by atoms with Gasteiger partial charge in [0.25, 0.3) is 0 Å². The fourth-order valence-corrected chi connectivity index (χ4v) is 6.16. The molecule has 0 aliphatic carbocycles. The number of nitrogens with zero attached hydrogens (tertiary/aromatic N) is 2. The molecule has 0 saturated carbocycles. The van der Waals surface area contributed by atoms with Crippen molar-refractivity contribution in [2.45, 2.75) is 37.5 Å². The number of nitrogens with one attached hydrogen (secondary N) is 1. The van der Waals surface area contributed by atoms with Gasteiger partial charge in [-0.2, -0.15) is 4.31 Å². The van der Waals surface area contributed by atoms with Crippen molar-refractivity contribution in [1.82, 2.24) is 9.29 Å². The van der Waals surface area contributed by atoms with Crippen molar-refractivity contribution >= 4 is 42.6 Å². The number of anilines is 1.